The zero-order chi connectivity index (χ0) is 17.9. The van der Waals surface area contributed by atoms with Crippen LogP contribution in [0.15, 0.2) is 52.9 Å². The highest BCUT2D eigenvalue weighted by molar-refractivity contribution is 5.52. The lowest BCUT2D eigenvalue weighted by Crippen LogP contribution is -2.23. The van der Waals surface area contributed by atoms with E-state index in [1.165, 1.54) is 17.7 Å². The first-order valence-corrected chi connectivity index (χ1v) is 8.69. The highest BCUT2D eigenvalue weighted by Gasteiger charge is 2.27. The number of rotatable bonds is 5. The maximum Gasteiger partial charge on any atom is 0.247 e. The van der Waals surface area contributed by atoms with Crippen LogP contribution in [0.5, 0.6) is 5.75 Å². The van der Waals surface area contributed by atoms with E-state index in [9.17, 15) is 4.39 Å². The molecule has 1 atom stereocenters. The Hall–Kier alpha value is -2.73. The Labute approximate surface area is 151 Å². The Balaban J connectivity index is 1.51. The number of ether oxygens (including phenoxy) is 1. The molecular formula is C20H20FN3O2. The SMILES string of the molecule is COc1cccc([C@@H]2CCCN2Cc2nnc(-c3cccc(F)c3)o2)c1. The summed E-state index contributed by atoms with van der Waals surface area (Å²) in [5.41, 5.74) is 1.82. The molecule has 0 saturated carbocycles. The van der Waals surface area contributed by atoms with Crippen molar-refractivity contribution >= 4 is 0 Å². The third kappa shape index (κ3) is 3.46. The molecule has 4 rings (SSSR count). The Morgan fingerprint density at radius 2 is 2.08 bits per heavy atom. The summed E-state index contributed by atoms with van der Waals surface area (Å²) in [5, 5.41) is 8.21. The van der Waals surface area contributed by atoms with Gasteiger partial charge in [-0.1, -0.05) is 18.2 Å². The van der Waals surface area contributed by atoms with E-state index in [1.807, 2.05) is 12.1 Å². The summed E-state index contributed by atoms with van der Waals surface area (Å²) < 4.78 is 24.5. The number of halogens is 1. The van der Waals surface area contributed by atoms with Gasteiger partial charge in [-0.05, 0) is 55.3 Å². The minimum Gasteiger partial charge on any atom is -0.497 e. The molecule has 0 radical (unpaired) electrons. The Morgan fingerprint density at radius 1 is 1.19 bits per heavy atom. The summed E-state index contributed by atoms with van der Waals surface area (Å²) in [6.45, 7) is 1.55. The van der Waals surface area contributed by atoms with Crippen molar-refractivity contribution in [3.8, 4) is 17.2 Å². The molecule has 2 heterocycles. The van der Waals surface area contributed by atoms with Crippen molar-refractivity contribution in [2.75, 3.05) is 13.7 Å². The van der Waals surface area contributed by atoms with Gasteiger partial charge >= 0.3 is 0 Å². The first kappa shape index (κ1) is 16.7. The van der Waals surface area contributed by atoms with E-state index in [1.54, 1.807) is 19.2 Å². The highest BCUT2D eigenvalue weighted by Crippen LogP contribution is 2.34. The van der Waals surface area contributed by atoms with E-state index in [2.05, 4.69) is 27.2 Å². The number of benzene rings is 2. The Bertz CT molecular complexity index is 896. The van der Waals surface area contributed by atoms with Gasteiger partial charge in [-0.15, -0.1) is 10.2 Å². The zero-order valence-electron chi connectivity index (χ0n) is 14.6. The standard InChI is InChI=1S/C20H20FN3O2/c1-25-17-8-3-5-14(12-17)18-9-4-10-24(18)13-19-22-23-20(26-19)15-6-2-7-16(21)11-15/h2-3,5-8,11-12,18H,4,9-10,13H2,1H3/t18-/m0/s1. The number of methoxy groups -OCH3 is 1. The van der Waals surface area contributed by atoms with E-state index < -0.39 is 0 Å². The van der Waals surface area contributed by atoms with Crippen LogP contribution in [-0.4, -0.2) is 28.8 Å². The molecule has 1 aliphatic heterocycles. The van der Waals surface area contributed by atoms with Gasteiger partial charge in [0.2, 0.25) is 11.8 Å². The molecule has 0 unspecified atom stereocenters. The van der Waals surface area contributed by atoms with Crippen molar-refractivity contribution in [2.24, 2.45) is 0 Å². The van der Waals surface area contributed by atoms with E-state index >= 15 is 0 Å². The average molecular weight is 353 g/mol. The van der Waals surface area contributed by atoms with Crippen LogP contribution >= 0.6 is 0 Å². The van der Waals surface area contributed by atoms with Crippen LogP contribution in [0.2, 0.25) is 0 Å². The molecule has 0 spiro atoms. The Kier molecular flexibility index (Phi) is 4.67. The molecule has 3 aromatic rings. The van der Waals surface area contributed by atoms with Crippen LogP contribution < -0.4 is 4.74 Å². The number of hydrogen-bond acceptors (Lipinski definition) is 5. The maximum absolute atomic E-state index is 13.4. The van der Waals surface area contributed by atoms with Crippen molar-refractivity contribution in [2.45, 2.75) is 25.4 Å². The highest BCUT2D eigenvalue weighted by atomic mass is 19.1. The molecule has 1 aromatic heterocycles. The third-order valence-electron chi connectivity index (χ3n) is 4.72. The van der Waals surface area contributed by atoms with Crippen LogP contribution in [-0.2, 0) is 6.54 Å². The minimum atomic E-state index is -0.320. The van der Waals surface area contributed by atoms with Gasteiger partial charge in [-0.3, -0.25) is 4.90 Å². The van der Waals surface area contributed by atoms with Crippen molar-refractivity contribution < 1.29 is 13.5 Å². The predicted octanol–water partition coefficient (Wildman–Crippen LogP) is 4.22. The van der Waals surface area contributed by atoms with Crippen LogP contribution in [0.3, 0.4) is 0 Å². The second-order valence-electron chi connectivity index (χ2n) is 6.42. The molecule has 0 N–H and O–H groups in total. The smallest absolute Gasteiger partial charge is 0.247 e. The minimum absolute atomic E-state index is 0.301. The van der Waals surface area contributed by atoms with Gasteiger partial charge in [0, 0.05) is 11.6 Å². The third-order valence-corrected chi connectivity index (χ3v) is 4.72. The molecule has 5 nitrogen and oxygen atoms in total. The predicted molar refractivity (Wildman–Crippen MR) is 95.1 cm³/mol. The van der Waals surface area contributed by atoms with Gasteiger partial charge in [-0.2, -0.15) is 0 Å². The zero-order valence-corrected chi connectivity index (χ0v) is 14.6. The molecule has 1 fully saturated rings. The summed E-state index contributed by atoms with van der Waals surface area (Å²) in [5.74, 6) is 1.43. The fraction of sp³-hybridized carbons (Fsp3) is 0.300. The quantitative estimate of drug-likeness (QED) is 0.687. The number of aromatic nitrogens is 2. The maximum atomic E-state index is 13.4. The molecular weight excluding hydrogens is 333 g/mol. The number of nitrogens with zero attached hydrogens (tertiary/aromatic N) is 3. The van der Waals surface area contributed by atoms with E-state index in [-0.39, 0.29) is 5.82 Å². The van der Waals surface area contributed by atoms with Crippen molar-refractivity contribution in [3.63, 3.8) is 0 Å². The fourth-order valence-electron chi connectivity index (χ4n) is 3.47. The first-order valence-electron chi connectivity index (χ1n) is 8.69. The lowest BCUT2D eigenvalue weighted by atomic mass is 10.0. The van der Waals surface area contributed by atoms with Crippen LogP contribution in [0.25, 0.3) is 11.5 Å². The van der Waals surface area contributed by atoms with Crippen LogP contribution in [0, 0.1) is 5.82 Å². The molecule has 1 saturated heterocycles. The second kappa shape index (κ2) is 7.25. The molecule has 134 valence electrons. The molecule has 1 aliphatic rings. The summed E-state index contributed by atoms with van der Waals surface area (Å²) >= 11 is 0. The summed E-state index contributed by atoms with van der Waals surface area (Å²) in [6, 6.07) is 14.6. The van der Waals surface area contributed by atoms with Gasteiger partial charge < -0.3 is 9.15 Å². The van der Waals surface area contributed by atoms with Gasteiger partial charge in [0.15, 0.2) is 0 Å². The number of likely N-dealkylation sites (tertiary alicyclic amines) is 1. The molecule has 0 amide bonds. The monoisotopic (exact) mass is 353 g/mol. The van der Waals surface area contributed by atoms with E-state index in [0.29, 0.717) is 29.9 Å². The lowest BCUT2D eigenvalue weighted by molar-refractivity contribution is 0.224. The van der Waals surface area contributed by atoms with Crippen molar-refractivity contribution in [1.82, 2.24) is 15.1 Å². The molecule has 6 heteroatoms. The van der Waals surface area contributed by atoms with Gasteiger partial charge in [-0.25, -0.2) is 4.39 Å². The van der Waals surface area contributed by atoms with E-state index in [4.69, 9.17) is 9.15 Å². The van der Waals surface area contributed by atoms with Crippen LogP contribution in [0.4, 0.5) is 4.39 Å². The van der Waals surface area contributed by atoms with E-state index in [0.717, 1.165) is 25.1 Å². The first-order chi connectivity index (χ1) is 12.7. The topological polar surface area (TPSA) is 51.4 Å². The van der Waals surface area contributed by atoms with Gasteiger partial charge in [0.1, 0.15) is 11.6 Å². The lowest BCUT2D eigenvalue weighted by Gasteiger charge is -2.23. The molecule has 0 aliphatic carbocycles. The van der Waals surface area contributed by atoms with Crippen LogP contribution in [0.1, 0.15) is 30.3 Å². The molecule has 26 heavy (non-hydrogen) atoms. The average Bonchev–Trinajstić information content (AvgIpc) is 3.32. The second-order valence-corrected chi connectivity index (χ2v) is 6.42. The summed E-state index contributed by atoms with van der Waals surface area (Å²) in [7, 11) is 1.68. The van der Waals surface area contributed by atoms with Crippen molar-refractivity contribution in [3.05, 3.63) is 65.8 Å². The summed E-state index contributed by atoms with van der Waals surface area (Å²) in [6.07, 6.45) is 2.20. The molecule has 2 aromatic carbocycles. The van der Waals surface area contributed by atoms with Crippen molar-refractivity contribution in [1.29, 1.82) is 0 Å². The summed E-state index contributed by atoms with van der Waals surface area (Å²) in [4.78, 5) is 2.33. The fourth-order valence-corrected chi connectivity index (χ4v) is 3.47. The normalized spacial score (nSPS) is 17.5. The largest absolute Gasteiger partial charge is 0.497 e. The molecule has 0 bridgehead atoms. The van der Waals surface area contributed by atoms with Gasteiger partial charge in [0.25, 0.3) is 0 Å². The van der Waals surface area contributed by atoms with Gasteiger partial charge in [0.05, 0.1) is 13.7 Å². The Morgan fingerprint density at radius 3 is 2.92 bits per heavy atom. The number of hydrogen-bond donors (Lipinski definition) is 0.